The lowest BCUT2D eigenvalue weighted by Gasteiger charge is -2.03. The number of H-pyrrole nitrogens is 2. The molecule has 0 aliphatic heterocycles. The minimum absolute atomic E-state index is 0.0340. The van der Waals surface area contributed by atoms with Crippen LogP contribution in [0.4, 0.5) is 0 Å². The highest BCUT2D eigenvalue weighted by molar-refractivity contribution is 5.84. The van der Waals surface area contributed by atoms with Gasteiger partial charge in [-0.05, 0) is 18.1 Å². The topological polar surface area (TPSA) is 73.6 Å². The van der Waals surface area contributed by atoms with Crippen LogP contribution in [0.25, 0.3) is 10.9 Å². The van der Waals surface area contributed by atoms with Crippen LogP contribution in [0.2, 0.25) is 0 Å². The van der Waals surface area contributed by atoms with Crippen LogP contribution in [0.1, 0.15) is 17.8 Å². The number of aryl methyl sites for hydroxylation is 1. The maximum absolute atomic E-state index is 11.8. The van der Waals surface area contributed by atoms with Crippen molar-refractivity contribution in [3.63, 3.8) is 0 Å². The van der Waals surface area contributed by atoms with Gasteiger partial charge in [0.1, 0.15) is 5.82 Å². The number of amides is 1. The highest BCUT2D eigenvalue weighted by Gasteiger charge is 2.06. The monoisotopic (exact) mass is 268 g/mol. The van der Waals surface area contributed by atoms with Gasteiger partial charge in [-0.2, -0.15) is 0 Å². The number of para-hydroxylation sites is 1. The van der Waals surface area contributed by atoms with Crippen LogP contribution in [-0.2, 0) is 17.8 Å². The van der Waals surface area contributed by atoms with Gasteiger partial charge in [-0.25, -0.2) is 4.98 Å². The van der Waals surface area contributed by atoms with Crippen LogP contribution in [0.15, 0.2) is 42.9 Å². The molecule has 1 amide bonds. The summed E-state index contributed by atoms with van der Waals surface area (Å²) in [5.74, 6) is 0.803. The van der Waals surface area contributed by atoms with E-state index in [-0.39, 0.29) is 5.91 Å². The number of hydrogen-bond acceptors (Lipinski definition) is 2. The van der Waals surface area contributed by atoms with E-state index in [4.69, 9.17) is 0 Å². The second kappa shape index (κ2) is 5.61. The van der Waals surface area contributed by atoms with Gasteiger partial charge in [0.05, 0.1) is 6.54 Å². The molecule has 5 heteroatoms. The lowest BCUT2D eigenvalue weighted by Crippen LogP contribution is -2.23. The summed E-state index contributed by atoms with van der Waals surface area (Å²) < 4.78 is 0. The third-order valence-corrected chi connectivity index (χ3v) is 3.30. The summed E-state index contributed by atoms with van der Waals surface area (Å²) in [4.78, 5) is 22.0. The average Bonchev–Trinajstić information content (AvgIpc) is 3.12. The molecule has 0 fully saturated rings. The van der Waals surface area contributed by atoms with Crippen molar-refractivity contribution in [3.8, 4) is 0 Å². The summed E-state index contributed by atoms with van der Waals surface area (Å²) in [6.45, 7) is 0.444. The molecule has 1 aromatic carbocycles. The fourth-order valence-electron chi connectivity index (χ4n) is 2.25. The molecule has 102 valence electrons. The molecule has 0 aliphatic rings. The fraction of sp³-hybridized carbons (Fsp3) is 0.200. The van der Waals surface area contributed by atoms with E-state index in [0.717, 1.165) is 17.8 Å². The first-order valence-electron chi connectivity index (χ1n) is 6.63. The first-order valence-corrected chi connectivity index (χ1v) is 6.63. The Kier molecular flexibility index (Phi) is 3.50. The number of nitrogens with zero attached hydrogens (tertiary/aromatic N) is 1. The van der Waals surface area contributed by atoms with Crippen LogP contribution in [0, 0.1) is 0 Å². The molecule has 0 saturated carbocycles. The van der Waals surface area contributed by atoms with E-state index in [2.05, 4.69) is 26.3 Å². The molecule has 0 atom stereocenters. The zero-order valence-electron chi connectivity index (χ0n) is 11.0. The molecule has 3 rings (SSSR count). The number of aromatic nitrogens is 3. The lowest BCUT2D eigenvalue weighted by atomic mass is 10.1. The number of hydrogen-bond donors (Lipinski definition) is 3. The third kappa shape index (κ3) is 2.71. The van der Waals surface area contributed by atoms with Gasteiger partial charge in [0.15, 0.2) is 0 Å². The molecule has 3 aromatic rings. The van der Waals surface area contributed by atoms with Gasteiger partial charge in [0, 0.05) is 35.9 Å². The number of aromatic amines is 2. The standard InChI is InChI=1S/C15H16N4O/c20-15(19-10-14-16-7-8-17-14)6-5-11-9-18-13-4-2-1-3-12(11)13/h1-4,7-9,18H,5-6,10H2,(H,16,17)(H,19,20). The second-order valence-corrected chi connectivity index (χ2v) is 4.67. The highest BCUT2D eigenvalue weighted by Crippen LogP contribution is 2.18. The van der Waals surface area contributed by atoms with Crippen molar-refractivity contribution in [1.29, 1.82) is 0 Å². The van der Waals surface area contributed by atoms with E-state index in [0.29, 0.717) is 13.0 Å². The number of benzene rings is 1. The molecular weight excluding hydrogens is 252 g/mol. The van der Waals surface area contributed by atoms with Crippen LogP contribution >= 0.6 is 0 Å². The number of fused-ring (bicyclic) bond motifs is 1. The zero-order valence-corrected chi connectivity index (χ0v) is 11.0. The molecule has 2 heterocycles. The largest absolute Gasteiger partial charge is 0.361 e. The Morgan fingerprint density at radius 1 is 1.25 bits per heavy atom. The summed E-state index contributed by atoms with van der Waals surface area (Å²) in [5, 5.41) is 4.04. The minimum atomic E-state index is 0.0340. The van der Waals surface area contributed by atoms with Crippen molar-refractivity contribution >= 4 is 16.8 Å². The van der Waals surface area contributed by atoms with Crippen molar-refractivity contribution in [3.05, 3.63) is 54.2 Å². The molecule has 0 bridgehead atoms. The van der Waals surface area contributed by atoms with Crippen LogP contribution in [-0.4, -0.2) is 20.9 Å². The molecule has 3 N–H and O–H groups in total. The van der Waals surface area contributed by atoms with Crippen molar-refractivity contribution in [2.24, 2.45) is 0 Å². The predicted octanol–water partition coefficient (Wildman–Crippen LogP) is 2.14. The summed E-state index contributed by atoms with van der Waals surface area (Å²) in [6.07, 6.45) is 6.60. The highest BCUT2D eigenvalue weighted by atomic mass is 16.1. The van der Waals surface area contributed by atoms with Gasteiger partial charge < -0.3 is 15.3 Å². The molecule has 2 aromatic heterocycles. The van der Waals surface area contributed by atoms with Crippen molar-refractivity contribution in [1.82, 2.24) is 20.3 Å². The maximum atomic E-state index is 11.8. The Bertz CT molecular complexity index is 700. The van der Waals surface area contributed by atoms with Gasteiger partial charge in [0.25, 0.3) is 0 Å². The average molecular weight is 268 g/mol. The first kappa shape index (κ1) is 12.5. The minimum Gasteiger partial charge on any atom is -0.361 e. The predicted molar refractivity (Wildman–Crippen MR) is 77.1 cm³/mol. The summed E-state index contributed by atoms with van der Waals surface area (Å²) >= 11 is 0. The second-order valence-electron chi connectivity index (χ2n) is 4.67. The SMILES string of the molecule is O=C(CCc1c[nH]c2ccccc12)NCc1ncc[nH]1. The number of carbonyl (C=O) groups excluding carboxylic acids is 1. The molecule has 5 nitrogen and oxygen atoms in total. The number of nitrogens with one attached hydrogen (secondary N) is 3. The molecule has 0 aliphatic carbocycles. The molecule has 0 saturated heterocycles. The van der Waals surface area contributed by atoms with E-state index in [1.807, 2.05) is 24.4 Å². The Hall–Kier alpha value is -2.56. The number of imidazole rings is 1. The Morgan fingerprint density at radius 3 is 3.00 bits per heavy atom. The zero-order chi connectivity index (χ0) is 13.8. The molecule has 0 spiro atoms. The molecule has 0 radical (unpaired) electrons. The van der Waals surface area contributed by atoms with E-state index in [1.165, 1.54) is 10.9 Å². The Labute approximate surface area is 116 Å². The van der Waals surface area contributed by atoms with E-state index < -0.39 is 0 Å². The summed E-state index contributed by atoms with van der Waals surface area (Å²) in [5.41, 5.74) is 2.28. The van der Waals surface area contributed by atoms with Gasteiger partial charge >= 0.3 is 0 Å². The number of carbonyl (C=O) groups is 1. The quantitative estimate of drug-likeness (QED) is 0.663. The maximum Gasteiger partial charge on any atom is 0.220 e. The van der Waals surface area contributed by atoms with Crippen molar-refractivity contribution in [2.45, 2.75) is 19.4 Å². The van der Waals surface area contributed by atoms with Crippen LogP contribution < -0.4 is 5.32 Å². The lowest BCUT2D eigenvalue weighted by molar-refractivity contribution is -0.121. The van der Waals surface area contributed by atoms with Gasteiger partial charge in [0.2, 0.25) is 5.91 Å². The fourth-order valence-corrected chi connectivity index (χ4v) is 2.25. The summed E-state index contributed by atoms with van der Waals surface area (Å²) in [6, 6.07) is 8.12. The molecule has 20 heavy (non-hydrogen) atoms. The van der Waals surface area contributed by atoms with Gasteiger partial charge in [-0.3, -0.25) is 4.79 Å². The smallest absolute Gasteiger partial charge is 0.220 e. The molecule has 0 unspecified atom stereocenters. The first-order chi connectivity index (χ1) is 9.83. The van der Waals surface area contributed by atoms with Crippen molar-refractivity contribution in [2.75, 3.05) is 0 Å². The van der Waals surface area contributed by atoms with Crippen LogP contribution in [0.5, 0.6) is 0 Å². The third-order valence-electron chi connectivity index (χ3n) is 3.30. The van der Waals surface area contributed by atoms with Crippen molar-refractivity contribution < 1.29 is 4.79 Å². The van der Waals surface area contributed by atoms with E-state index >= 15 is 0 Å². The Balaban J connectivity index is 1.55. The number of rotatable bonds is 5. The Morgan fingerprint density at radius 2 is 2.15 bits per heavy atom. The summed E-state index contributed by atoms with van der Waals surface area (Å²) in [7, 11) is 0. The van der Waals surface area contributed by atoms with E-state index in [1.54, 1.807) is 12.4 Å². The van der Waals surface area contributed by atoms with E-state index in [9.17, 15) is 4.79 Å². The molecular formula is C15H16N4O. The normalized spacial score (nSPS) is 10.8. The van der Waals surface area contributed by atoms with Gasteiger partial charge in [-0.15, -0.1) is 0 Å². The van der Waals surface area contributed by atoms with Crippen LogP contribution in [0.3, 0.4) is 0 Å². The van der Waals surface area contributed by atoms with Gasteiger partial charge in [-0.1, -0.05) is 18.2 Å².